The van der Waals surface area contributed by atoms with E-state index < -0.39 is 35.0 Å². The Morgan fingerprint density at radius 2 is 2.21 bits per heavy atom. The van der Waals surface area contributed by atoms with Crippen molar-refractivity contribution in [3.05, 3.63) is 33.6 Å². The molecule has 0 amide bonds. The number of alkyl halides is 3. The van der Waals surface area contributed by atoms with Gasteiger partial charge in [0.1, 0.15) is 12.2 Å². The van der Waals surface area contributed by atoms with Crippen molar-refractivity contribution < 1.29 is 18.1 Å². The fourth-order valence-electron chi connectivity index (χ4n) is 1.01. The third-order valence-corrected chi connectivity index (χ3v) is 1.59. The van der Waals surface area contributed by atoms with Crippen molar-refractivity contribution in [2.75, 3.05) is 0 Å². The first-order chi connectivity index (χ1) is 6.57. The van der Waals surface area contributed by atoms with Gasteiger partial charge in [0.15, 0.2) is 0 Å². The van der Waals surface area contributed by atoms with E-state index in [1.54, 1.807) is 0 Å². The Hall–Kier alpha value is -1.66. The first-order valence-electron chi connectivity index (χ1n) is 3.54. The monoisotopic (exact) mass is 206 g/mol. The molecule has 7 heteroatoms. The number of aromatic nitrogens is 1. The molecule has 0 aromatic carbocycles. The van der Waals surface area contributed by atoms with Gasteiger partial charge in [0.2, 0.25) is 0 Å². The number of halogens is 3. The Morgan fingerprint density at radius 3 is 2.64 bits per heavy atom. The molecule has 0 atom stereocenters. The molecule has 1 aromatic heterocycles. The maximum absolute atomic E-state index is 12.3. The number of nitrogens with zero attached hydrogens (tertiary/aromatic N) is 2. The molecule has 0 saturated heterocycles. The molecular weight excluding hydrogens is 201 g/mol. The summed E-state index contributed by atoms with van der Waals surface area (Å²) in [7, 11) is 0. The SMILES string of the molecule is O=[N+]([O-])c1ccnc(CF)c1C(F)F. The molecule has 0 bridgehead atoms. The Morgan fingerprint density at radius 1 is 1.57 bits per heavy atom. The summed E-state index contributed by atoms with van der Waals surface area (Å²) in [5, 5.41) is 10.3. The van der Waals surface area contributed by atoms with Gasteiger partial charge in [0.05, 0.1) is 10.6 Å². The van der Waals surface area contributed by atoms with E-state index in [0.29, 0.717) is 0 Å². The van der Waals surface area contributed by atoms with E-state index in [1.165, 1.54) is 0 Å². The Bertz CT molecular complexity index is 357. The molecule has 0 fully saturated rings. The van der Waals surface area contributed by atoms with Gasteiger partial charge in [-0.15, -0.1) is 0 Å². The third kappa shape index (κ3) is 1.81. The lowest BCUT2D eigenvalue weighted by Gasteiger charge is -2.04. The number of pyridine rings is 1. The molecule has 14 heavy (non-hydrogen) atoms. The fourth-order valence-corrected chi connectivity index (χ4v) is 1.01. The van der Waals surface area contributed by atoms with Gasteiger partial charge in [-0.2, -0.15) is 0 Å². The van der Waals surface area contributed by atoms with E-state index in [2.05, 4.69) is 4.98 Å². The highest BCUT2D eigenvalue weighted by atomic mass is 19.3. The predicted octanol–water partition coefficient (Wildman–Crippen LogP) is 2.40. The van der Waals surface area contributed by atoms with Crippen LogP contribution in [0, 0.1) is 10.1 Å². The minimum Gasteiger partial charge on any atom is -0.258 e. The molecule has 1 aromatic rings. The van der Waals surface area contributed by atoms with Crippen LogP contribution in [0.5, 0.6) is 0 Å². The van der Waals surface area contributed by atoms with Crippen LogP contribution in [0.4, 0.5) is 18.9 Å². The van der Waals surface area contributed by atoms with Crippen LogP contribution in [0.1, 0.15) is 17.7 Å². The molecule has 76 valence electrons. The van der Waals surface area contributed by atoms with Crippen molar-refractivity contribution in [3.8, 4) is 0 Å². The summed E-state index contributed by atoms with van der Waals surface area (Å²) >= 11 is 0. The van der Waals surface area contributed by atoms with Crippen LogP contribution in [0.15, 0.2) is 12.3 Å². The molecule has 4 nitrogen and oxygen atoms in total. The first kappa shape index (κ1) is 10.4. The summed E-state index contributed by atoms with van der Waals surface area (Å²) in [4.78, 5) is 12.6. The summed E-state index contributed by atoms with van der Waals surface area (Å²) in [5.74, 6) is 0. The summed E-state index contributed by atoms with van der Waals surface area (Å²) in [6.07, 6.45) is -2.17. The van der Waals surface area contributed by atoms with Crippen LogP contribution < -0.4 is 0 Å². The van der Waals surface area contributed by atoms with Gasteiger partial charge >= 0.3 is 0 Å². The predicted molar refractivity (Wildman–Crippen MR) is 40.7 cm³/mol. The van der Waals surface area contributed by atoms with Crippen molar-refractivity contribution >= 4 is 5.69 Å². The zero-order valence-corrected chi connectivity index (χ0v) is 6.78. The van der Waals surface area contributed by atoms with Crippen molar-refractivity contribution in [1.29, 1.82) is 0 Å². The second kappa shape index (κ2) is 4.03. The zero-order valence-electron chi connectivity index (χ0n) is 6.78. The third-order valence-electron chi connectivity index (χ3n) is 1.59. The minimum atomic E-state index is -3.10. The summed E-state index contributed by atoms with van der Waals surface area (Å²) in [6, 6.07) is 0.820. The molecular formula is C7H5F3N2O2. The molecule has 0 saturated carbocycles. The van der Waals surface area contributed by atoms with Gasteiger partial charge in [0, 0.05) is 12.3 Å². The Balaban J connectivity index is 3.35. The van der Waals surface area contributed by atoms with Crippen molar-refractivity contribution in [2.24, 2.45) is 0 Å². The highest BCUT2D eigenvalue weighted by Gasteiger charge is 2.25. The zero-order chi connectivity index (χ0) is 10.7. The second-order valence-electron chi connectivity index (χ2n) is 2.38. The molecule has 0 aliphatic heterocycles. The number of nitro groups is 1. The Labute approximate surface area is 76.5 Å². The van der Waals surface area contributed by atoms with Gasteiger partial charge < -0.3 is 0 Å². The number of hydrogen-bond donors (Lipinski definition) is 0. The van der Waals surface area contributed by atoms with Crippen LogP contribution in [-0.4, -0.2) is 9.91 Å². The second-order valence-corrected chi connectivity index (χ2v) is 2.38. The fraction of sp³-hybridized carbons (Fsp3) is 0.286. The summed E-state index contributed by atoms with van der Waals surface area (Å²) in [5.41, 5.74) is -2.34. The Kier molecular flexibility index (Phi) is 3.00. The first-order valence-corrected chi connectivity index (χ1v) is 3.54. The van der Waals surface area contributed by atoms with Gasteiger partial charge in [-0.3, -0.25) is 15.1 Å². The standard InChI is InChI=1S/C7H5F3N2O2/c8-3-4-6(7(9)10)5(12(13)14)1-2-11-4/h1-2,7H,3H2. The maximum atomic E-state index is 12.3. The van der Waals surface area contributed by atoms with Crippen LogP contribution in [0.2, 0.25) is 0 Å². The average Bonchev–Trinajstić information content (AvgIpc) is 2.16. The lowest BCUT2D eigenvalue weighted by atomic mass is 10.2. The lowest BCUT2D eigenvalue weighted by Crippen LogP contribution is -2.02. The van der Waals surface area contributed by atoms with Crippen molar-refractivity contribution in [2.45, 2.75) is 13.1 Å². The molecule has 1 heterocycles. The van der Waals surface area contributed by atoms with Gasteiger partial charge in [-0.05, 0) is 0 Å². The van der Waals surface area contributed by atoms with E-state index in [4.69, 9.17) is 0 Å². The topological polar surface area (TPSA) is 56.0 Å². The highest BCUT2D eigenvalue weighted by molar-refractivity contribution is 5.42. The van der Waals surface area contributed by atoms with E-state index in [-0.39, 0.29) is 0 Å². The molecule has 0 radical (unpaired) electrons. The van der Waals surface area contributed by atoms with Crippen LogP contribution in [-0.2, 0) is 6.67 Å². The largest absolute Gasteiger partial charge is 0.281 e. The normalized spacial score (nSPS) is 10.6. The van der Waals surface area contributed by atoms with Crippen molar-refractivity contribution in [3.63, 3.8) is 0 Å². The van der Waals surface area contributed by atoms with Crippen LogP contribution in [0.25, 0.3) is 0 Å². The summed E-state index contributed by atoms with van der Waals surface area (Å²) in [6.45, 7) is -1.25. The lowest BCUT2D eigenvalue weighted by molar-refractivity contribution is -0.386. The molecule has 0 aliphatic rings. The van der Waals surface area contributed by atoms with E-state index in [0.717, 1.165) is 12.3 Å². The maximum Gasteiger partial charge on any atom is 0.281 e. The smallest absolute Gasteiger partial charge is 0.258 e. The van der Waals surface area contributed by atoms with Gasteiger partial charge in [0.25, 0.3) is 12.1 Å². The van der Waals surface area contributed by atoms with Crippen LogP contribution >= 0.6 is 0 Å². The molecule has 0 unspecified atom stereocenters. The molecule has 0 N–H and O–H groups in total. The average molecular weight is 206 g/mol. The molecule has 0 spiro atoms. The number of rotatable bonds is 3. The highest BCUT2D eigenvalue weighted by Crippen LogP contribution is 2.30. The molecule has 0 aliphatic carbocycles. The molecule has 1 rings (SSSR count). The van der Waals surface area contributed by atoms with E-state index in [1.807, 2.05) is 0 Å². The van der Waals surface area contributed by atoms with E-state index in [9.17, 15) is 23.3 Å². The van der Waals surface area contributed by atoms with Crippen LogP contribution in [0.3, 0.4) is 0 Å². The van der Waals surface area contributed by atoms with E-state index >= 15 is 0 Å². The minimum absolute atomic E-state index is 0.589. The van der Waals surface area contributed by atoms with Crippen molar-refractivity contribution in [1.82, 2.24) is 4.98 Å². The quantitative estimate of drug-likeness (QED) is 0.563. The van der Waals surface area contributed by atoms with Gasteiger partial charge in [-0.25, -0.2) is 13.2 Å². The van der Waals surface area contributed by atoms with Gasteiger partial charge in [-0.1, -0.05) is 0 Å². The number of hydrogen-bond acceptors (Lipinski definition) is 3. The summed E-state index contributed by atoms with van der Waals surface area (Å²) < 4.78 is 36.8.